The Bertz CT molecular complexity index is 1630. The van der Waals surface area contributed by atoms with Crippen LogP contribution in [0.3, 0.4) is 0 Å². The fourth-order valence-corrected chi connectivity index (χ4v) is 4.53. The van der Waals surface area contributed by atoms with Crippen molar-refractivity contribution in [3.63, 3.8) is 0 Å². The van der Waals surface area contributed by atoms with Crippen molar-refractivity contribution in [2.24, 2.45) is 0 Å². The van der Waals surface area contributed by atoms with Gasteiger partial charge in [-0.2, -0.15) is 0 Å². The number of rotatable bonds is 12. The fraction of sp³-hybridized carbons (Fsp3) is 0.143. The molecule has 5 rings (SSSR count). The number of aromatic nitrogens is 1. The van der Waals surface area contributed by atoms with Gasteiger partial charge in [0.25, 0.3) is 0 Å². The summed E-state index contributed by atoms with van der Waals surface area (Å²) in [5.74, 6) is 0.858. The first-order valence-corrected chi connectivity index (χ1v) is 13.7. The zero-order chi connectivity index (χ0) is 30.6. The Balaban J connectivity index is 0.00000207. The van der Waals surface area contributed by atoms with E-state index in [0.717, 1.165) is 22.6 Å². The number of benzene rings is 4. The third-order valence-corrected chi connectivity index (χ3v) is 6.72. The summed E-state index contributed by atoms with van der Waals surface area (Å²) in [5, 5.41) is 13.0. The molecule has 0 bridgehead atoms. The first-order valence-electron chi connectivity index (χ1n) is 13.7. The van der Waals surface area contributed by atoms with Crippen molar-refractivity contribution in [1.29, 1.82) is 0 Å². The third-order valence-electron chi connectivity index (χ3n) is 6.72. The molecule has 218 valence electrons. The van der Waals surface area contributed by atoms with Gasteiger partial charge in [-0.1, -0.05) is 72.8 Å². The molecule has 2 N–H and O–H groups in total. The highest BCUT2D eigenvalue weighted by atomic mass is 16.5. The Hall–Kier alpha value is -5.50. The van der Waals surface area contributed by atoms with Gasteiger partial charge in [0.05, 0.1) is 12.3 Å². The maximum Gasteiger partial charge on any atom is 0.326 e. The summed E-state index contributed by atoms with van der Waals surface area (Å²) < 4.78 is 11.7. The lowest BCUT2D eigenvalue weighted by molar-refractivity contribution is -0.137. The Morgan fingerprint density at radius 1 is 0.884 bits per heavy atom. The van der Waals surface area contributed by atoms with E-state index in [1.54, 1.807) is 48.5 Å². The predicted molar refractivity (Wildman–Crippen MR) is 165 cm³/mol. The van der Waals surface area contributed by atoms with E-state index in [1.807, 2.05) is 74.4 Å². The Kier molecular flexibility index (Phi) is 10.6. The van der Waals surface area contributed by atoms with E-state index in [1.165, 1.54) is 0 Å². The van der Waals surface area contributed by atoms with E-state index in [2.05, 4.69) is 10.3 Å². The second kappa shape index (κ2) is 14.9. The number of aryl methyl sites for hydroxylation is 1. The molecule has 0 unspecified atom stereocenters. The van der Waals surface area contributed by atoms with Gasteiger partial charge in [-0.15, -0.1) is 0 Å². The molecular formula is C35H32N2O6. The summed E-state index contributed by atoms with van der Waals surface area (Å²) >= 11 is 0. The highest BCUT2D eigenvalue weighted by molar-refractivity contribution is 6.12. The lowest BCUT2D eigenvalue weighted by Crippen LogP contribution is -2.32. The quantitative estimate of drug-likeness (QED) is 0.163. The van der Waals surface area contributed by atoms with Crippen LogP contribution < -0.4 is 10.1 Å². The van der Waals surface area contributed by atoms with E-state index in [9.17, 15) is 14.7 Å². The van der Waals surface area contributed by atoms with Crippen LogP contribution in [0.4, 0.5) is 5.69 Å². The first kappa shape index (κ1) is 30.5. The topological polar surface area (TPSA) is 119 Å². The molecule has 0 aliphatic carbocycles. The van der Waals surface area contributed by atoms with Gasteiger partial charge in [0.1, 0.15) is 24.3 Å². The minimum atomic E-state index is -1.01. The molecular weight excluding hydrogens is 544 g/mol. The second-order valence-corrected chi connectivity index (χ2v) is 9.61. The van der Waals surface area contributed by atoms with Crippen LogP contribution in [0.5, 0.6) is 5.75 Å². The summed E-state index contributed by atoms with van der Waals surface area (Å²) in [6.07, 6.45) is 0.819. The van der Waals surface area contributed by atoms with E-state index >= 15 is 0 Å². The number of nitrogens with one attached hydrogen (secondary N) is 1. The maximum atomic E-state index is 13.1. The number of carboxylic acid groups (broad SMARTS) is 1. The zero-order valence-electron chi connectivity index (χ0n) is 23.7. The Morgan fingerprint density at radius 2 is 1.51 bits per heavy atom. The molecule has 43 heavy (non-hydrogen) atoms. The number of para-hydroxylation sites is 1. The second-order valence-electron chi connectivity index (χ2n) is 9.61. The molecule has 8 nitrogen and oxygen atoms in total. The molecule has 0 amide bonds. The number of hydrogen-bond acceptors (Lipinski definition) is 7. The number of carbonyl (C=O) groups excluding carboxylic acids is 2. The minimum absolute atomic E-state index is 0.170. The highest BCUT2D eigenvalue weighted by Gasteiger charge is 2.21. The largest absolute Gasteiger partial charge is 0.493 e. The lowest BCUT2D eigenvalue weighted by atomic mass is 10.00. The molecule has 0 fully saturated rings. The van der Waals surface area contributed by atoms with Crippen LogP contribution in [0.2, 0.25) is 0 Å². The predicted octanol–water partition coefficient (Wildman–Crippen LogP) is 6.43. The number of carbonyl (C=O) groups is 3. The molecule has 0 aliphatic heterocycles. The van der Waals surface area contributed by atoms with E-state index in [-0.39, 0.29) is 12.2 Å². The number of ether oxygens (including phenoxy) is 1. The standard InChI is InChI=1S/C34H30N2O5.CH2O/c1-23-29(36-33(41-23)26-12-6-3-7-13-26)20-21-40-27-18-16-24(17-19-27)22-31(34(38)39)35-30-15-9-8-14-28(30)32(37)25-10-4-2-5-11-25;1-2/h2-19,31,35H,20-22H2,1H3,(H,38,39);1H2/t31-;/m0./s1. The molecule has 0 aliphatic rings. The van der Waals surface area contributed by atoms with Gasteiger partial charge in [-0.05, 0) is 48.9 Å². The maximum absolute atomic E-state index is 13.1. The number of aliphatic carboxylic acids is 1. The molecule has 4 aromatic carbocycles. The SMILES string of the molecule is C=O.Cc1oc(-c2ccccc2)nc1CCOc1ccc(C[C@H](Nc2ccccc2C(=O)c2ccccc2)C(=O)O)cc1. The van der Waals surface area contributed by atoms with Crippen molar-refractivity contribution in [1.82, 2.24) is 4.98 Å². The summed E-state index contributed by atoms with van der Waals surface area (Å²) in [4.78, 5) is 37.8. The van der Waals surface area contributed by atoms with Gasteiger partial charge in [-0.25, -0.2) is 9.78 Å². The molecule has 1 aromatic heterocycles. The summed E-state index contributed by atoms with van der Waals surface area (Å²) in [7, 11) is 0. The van der Waals surface area contributed by atoms with Gasteiger partial charge >= 0.3 is 5.97 Å². The highest BCUT2D eigenvalue weighted by Crippen LogP contribution is 2.23. The van der Waals surface area contributed by atoms with Crippen LogP contribution in [0, 0.1) is 6.92 Å². The summed E-state index contributed by atoms with van der Waals surface area (Å²) in [6, 6.07) is 32.1. The van der Waals surface area contributed by atoms with Crippen molar-refractivity contribution in [3.05, 3.63) is 137 Å². The molecule has 0 saturated heterocycles. The van der Waals surface area contributed by atoms with Gasteiger partial charge in [0.2, 0.25) is 5.89 Å². The van der Waals surface area contributed by atoms with Crippen LogP contribution in [-0.2, 0) is 22.4 Å². The molecule has 5 aromatic rings. The number of nitrogens with zero attached hydrogens (tertiary/aromatic N) is 1. The summed E-state index contributed by atoms with van der Waals surface area (Å²) in [5.41, 5.74) is 4.04. The average Bonchev–Trinajstić information content (AvgIpc) is 3.43. The Morgan fingerprint density at radius 3 is 2.19 bits per heavy atom. The van der Waals surface area contributed by atoms with Crippen molar-refractivity contribution < 1.29 is 28.6 Å². The van der Waals surface area contributed by atoms with Crippen LogP contribution in [-0.4, -0.2) is 41.3 Å². The number of anilines is 1. The zero-order valence-corrected chi connectivity index (χ0v) is 23.7. The molecule has 1 heterocycles. The van der Waals surface area contributed by atoms with Gasteiger partial charge in [0, 0.05) is 35.2 Å². The van der Waals surface area contributed by atoms with Crippen molar-refractivity contribution >= 4 is 24.2 Å². The summed E-state index contributed by atoms with van der Waals surface area (Å²) in [6.45, 7) is 4.32. The monoisotopic (exact) mass is 576 g/mol. The smallest absolute Gasteiger partial charge is 0.326 e. The van der Waals surface area contributed by atoms with Crippen molar-refractivity contribution in [3.8, 4) is 17.2 Å². The van der Waals surface area contributed by atoms with E-state index in [0.29, 0.717) is 41.5 Å². The normalized spacial score (nSPS) is 11.1. The number of ketones is 1. The molecule has 8 heteroatoms. The van der Waals surface area contributed by atoms with Crippen LogP contribution in [0.25, 0.3) is 11.5 Å². The van der Waals surface area contributed by atoms with Crippen molar-refractivity contribution in [2.45, 2.75) is 25.8 Å². The van der Waals surface area contributed by atoms with Gasteiger partial charge < -0.3 is 24.4 Å². The minimum Gasteiger partial charge on any atom is -0.493 e. The van der Waals surface area contributed by atoms with E-state index < -0.39 is 12.0 Å². The van der Waals surface area contributed by atoms with Crippen LogP contribution in [0.1, 0.15) is 32.9 Å². The molecule has 0 saturated carbocycles. The number of carboxylic acids is 1. The lowest BCUT2D eigenvalue weighted by Gasteiger charge is -2.18. The Labute approximate surface area is 250 Å². The third kappa shape index (κ3) is 8.04. The first-order chi connectivity index (χ1) is 21.0. The van der Waals surface area contributed by atoms with Crippen molar-refractivity contribution in [2.75, 3.05) is 11.9 Å². The molecule has 0 spiro atoms. The van der Waals surface area contributed by atoms with Gasteiger partial charge in [-0.3, -0.25) is 4.79 Å². The molecule has 0 radical (unpaired) electrons. The molecule has 1 atom stereocenters. The van der Waals surface area contributed by atoms with E-state index in [4.69, 9.17) is 13.9 Å². The number of hydrogen-bond donors (Lipinski definition) is 2. The average molecular weight is 577 g/mol. The van der Waals surface area contributed by atoms with Gasteiger partial charge in [0.15, 0.2) is 5.78 Å². The number of oxazole rings is 1. The van der Waals surface area contributed by atoms with Crippen LogP contribution in [0.15, 0.2) is 114 Å². The van der Waals surface area contributed by atoms with Crippen LogP contribution >= 0.6 is 0 Å². The fourth-order valence-electron chi connectivity index (χ4n) is 4.53.